The number of rotatable bonds is 3. The predicted molar refractivity (Wildman–Crippen MR) is 196 cm³/mol. The molecule has 1 aliphatic carbocycles. The van der Waals surface area contributed by atoms with Crippen LogP contribution in [0.4, 0.5) is 0 Å². The summed E-state index contributed by atoms with van der Waals surface area (Å²) in [5, 5.41) is 5.20. The van der Waals surface area contributed by atoms with Gasteiger partial charge in [-0.2, -0.15) is 0 Å². The fraction of sp³-hybridized carbons (Fsp3) is 0.0732. The second-order valence-electron chi connectivity index (χ2n) is 12.4. The van der Waals surface area contributed by atoms with Crippen molar-refractivity contribution in [3.63, 3.8) is 0 Å². The van der Waals surface area contributed by atoms with Crippen LogP contribution < -0.4 is 0 Å². The summed E-state index contributed by atoms with van der Waals surface area (Å²) in [6.45, 7) is 2.35. The van der Waals surface area contributed by atoms with Crippen molar-refractivity contribution in [2.75, 3.05) is 0 Å². The van der Waals surface area contributed by atoms with E-state index in [1.54, 1.807) is 6.33 Å². The highest BCUT2D eigenvalue weighted by Gasteiger charge is 2.43. The van der Waals surface area contributed by atoms with E-state index in [1.807, 2.05) is 23.1 Å². The van der Waals surface area contributed by atoms with Gasteiger partial charge in [0.2, 0.25) is 0 Å². The standard InChI is InChI=1S/C41H27N3S2/c1-41-21-20-27(44-34-17-5-2-12-29(34)30-13-3-6-18-35(30)44)23-33(41)38-40(46-41)37(42-24-43-38)26-11-8-10-25(22-26)28-15-9-16-32-31-14-4-7-19-36(31)45-39(28)32/h2-20,22-24H,21H2,1H3. The lowest BCUT2D eigenvalue weighted by Crippen LogP contribution is -2.20. The Balaban J connectivity index is 1.10. The number of thioether (sulfide) groups is 1. The van der Waals surface area contributed by atoms with Crippen molar-refractivity contribution in [3.05, 3.63) is 139 Å². The zero-order valence-electron chi connectivity index (χ0n) is 25.1. The van der Waals surface area contributed by atoms with E-state index in [4.69, 9.17) is 9.97 Å². The minimum atomic E-state index is -0.102. The van der Waals surface area contributed by atoms with Crippen LogP contribution in [0.25, 0.3) is 75.6 Å². The molecule has 0 spiro atoms. The fourth-order valence-electron chi connectivity index (χ4n) is 7.44. The molecule has 8 aromatic rings. The van der Waals surface area contributed by atoms with Gasteiger partial charge in [-0.05, 0) is 60.4 Å². The Morgan fingerprint density at radius 3 is 2.17 bits per heavy atom. The second kappa shape index (κ2) is 9.76. The predicted octanol–water partition coefficient (Wildman–Crippen LogP) is 11.5. The van der Waals surface area contributed by atoms with Crippen LogP contribution in [0.3, 0.4) is 0 Å². The molecule has 4 heterocycles. The van der Waals surface area contributed by atoms with Gasteiger partial charge in [0.25, 0.3) is 0 Å². The third kappa shape index (κ3) is 3.73. The molecule has 0 bridgehead atoms. The number of thiophene rings is 1. The van der Waals surface area contributed by atoms with Gasteiger partial charge in [0.1, 0.15) is 6.33 Å². The van der Waals surface area contributed by atoms with Crippen LogP contribution >= 0.6 is 23.1 Å². The molecule has 1 unspecified atom stereocenters. The molecular weight excluding hydrogens is 599 g/mol. The third-order valence-corrected chi connectivity index (χ3v) is 12.3. The quantitative estimate of drug-likeness (QED) is 0.196. The largest absolute Gasteiger partial charge is 0.310 e. The third-order valence-electron chi connectivity index (χ3n) is 9.64. The van der Waals surface area contributed by atoms with E-state index in [0.717, 1.165) is 23.4 Å². The Hall–Kier alpha value is -4.97. The van der Waals surface area contributed by atoms with Crippen LogP contribution in [0.15, 0.2) is 139 Å². The Labute approximate surface area is 274 Å². The monoisotopic (exact) mass is 625 g/mol. The second-order valence-corrected chi connectivity index (χ2v) is 14.9. The number of para-hydroxylation sites is 2. The lowest BCUT2D eigenvalue weighted by molar-refractivity contribution is 0.822. The summed E-state index contributed by atoms with van der Waals surface area (Å²) in [7, 11) is 0. The lowest BCUT2D eigenvalue weighted by Gasteiger charge is -2.28. The molecule has 0 amide bonds. The number of benzene rings is 5. The Bertz CT molecular complexity index is 2570. The molecule has 3 aromatic heterocycles. The van der Waals surface area contributed by atoms with Gasteiger partial charge < -0.3 is 4.57 Å². The van der Waals surface area contributed by atoms with E-state index in [2.05, 4.69) is 139 Å². The first kappa shape index (κ1) is 26.3. The van der Waals surface area contributed by atoms with Gasteiger partial charge >= 0.3 is 0 Å². The van der Waals surface area contributed by atoms with E-state index in [0.29, 0.717) is 0 Å². The van der Waals surface area contributed by atoms with Crippen molar-refractivity contribution >= 4 is 76.3 Å². The summed E-state index contributed by atoms with van der Waals surface area (Å²) >= 11 is 3.79. The van der Waals surface area contributed by atoms with Crippen LogP contribution in [-0.2, 0) is 0 Å². The topological polar surface area (TPSA) is 30.7 Å². The molecule has 1 atom stereocenters. The molecule has 2 aliphatic rings. The van der Waals surface area contributed by atoms with Crippen molar-refractivity contribution < 1.29 is 0 Å². The summed E-state index contributed by atoms with van der Waals surface area (Å²) < 4.78 is 4.97. The molecule has 10 rings (SSSR count). The SMILES string of the molecule is CC12CC=C(n3c4ccccc4c4ccccc43)C=C1c1ncnc(-c3cccc(-c4cccc5c4sc4ccccc45)c3)c1S2. The molecule has 5 heteroatoms. The first-order chi connectivity index (χ1) is 22.7. The Kier molecular flexibility index (Phi) is 5.58. The van der Waals surface area contributed by atoms with Gasteiger partial charge in [-0.1, -0.05) is 97.1 Å². The number of hydrogen-bond acceptors (Lipinski definition) is 4. The molecule has 0 radical (unpaired) electrons. The van der Waals surface area contributed by atoms with Crippen LogP contribution in [-0.4, -0.2) is 19.3 Å². The molecule has 0 N–H and O–H groups in total. The van der Waals surface area contributed by atoms with Crippen molar-refractivity contribution in [1.29, 1.82) is 0 Å². The number of hydrogen-bond donors (Lipinski definition) is 0. The van der Waals surface area contributed by atoms with E-state index in [9.17, 15) is 0 Å². The highest BCUT2D eigenvalue weighted by atomic mass is 32.2. The average Bonchev–Trinajstić information content (AvgIpc) is 3.75. The zero-order valence-corrected chi connectivity index (χ0v) is 26.7. The van der Waals surface area contributed by atoms with E-state index in [1.165, 1.54) is 69.3 Å². The maximum Gasteiger partial charge on any atom is 0.116 e. The zero-order chi connectivity index (χ0) is 30.4. The van der Waals surface area contributed by atoms with Gasteiger partial charge in [-0.15, -0.1) is 23.1 Å². The fourth-order valence-corrected chi connectivity index (χ4v) is 10.1. The van der Waals surface area contributed by atoms with Crippen molar-refractivity contribution in [2.24, 2.45) is 0 Å². The molecule has 0 saturated carbocycles. The molecule has 0 saturated heterocycles. The van der Waals surface area contributed by atoms with Gasteiger partial charge in [0.05, 0.1) is 27.3 Å². The summed E-state index contributed by atoms with van der Waals surface area (Å²) in [6.07, 6.45) is 7.44. The van der Waals surface area contributed by atoms with E-state index >= 15 is 0 Å². The lowest BCUT2D eigenvalue weighted by atomic mass is 9.88. The highest BCUT2D eigenvalue weighted by Crippen LogP contribution is 2.58. The maximum atomic E-state index is 4.93. The number of aromatic nitrogens is 3. The minimum Gasteiger partial charge on any atom is -0.310 e. The van der Waals surface area contributed by atoms with Gasteiger partial charge in [-0.25, -0.2) is 9.97 Å². The summed E-state index contributed by atoms with van der Waals surface area (Å²) in [5.41, 5.74) is 10.6. The van der Waals surface area contributed by atoms with Crippen molar-refractivity contribution in [1.82, 2.24) is 14.5 Å². The average molecular weight is 626 g/mol. The number of allylic oxidation sites excluding steroid dienone is 3. The normalized spacial score (nSPS) is 17.4. The summed E-state index contributed by atoms with van der Waals surface area (Å²) in [6, 6.07) is 41.7. The molecule has 1 aliphatic heterocycles. The van der Waals surface area contributed by atoms with Crippen molar-refractivity contribution in [2.45, 2.75) is 23.0 Å². The van der Waals surface area contributed by atoms with Crippen LogP contribution in [0.1, 0.15) is 19.0 Å². The van der Waals surface area contributed by atoms with Crippen LogP contribution in [0.5, 0.6) is 0 Å². The van der Waals surface area contributed by atoms with E-state index in [-0.39, 0.29) is 4.75 Å². The molecule has 3 nitrogen and oxygen atoms in total. The van der Waals surface area contributed by atoms with Gasteiger partial charge in [0, 0.05) is 47.0 Å². The molecule has 5 aromatic carbocycles. The number of nitrogens with zero attached hydrogens (tertiary/aromatic N) is 3. The van der Waals surface area contributed by atoms with Gasteiger partial charge in [-0.3, -0.25) is 0 Å². The van der Waals surface area contributed by atoms with Gasteiger partial charge in [0.15, 0.2) is 0 Å². The smallest absolute Gasteiger partial charge is 0.116 e. The minimum absolute atomic E-state index is 0.102. The van der Waals surface area contributed by atoms with Crippen LogP contribution in [0, 0.1) is 0 Å². The maximum absolute atomic E-state index is 4.93. The first-order valence-corrected chi connectivity index (χ1v) is 17.3. The molecule has 0 fully saturated rings. The van der Waals surface area contributed by atoms with Crippen molar-refractivity contribution in [3.8, 4) is 22.4 Å². The molecule has 46 heavy (non-hydrogen) atoms. The summed E-state index contributed by atoms with van der Waals surface area (Å²) in [5.74, 6) is 0. The Morgan fingerprint density at radius 1 is 0.674 bits per heavy atom. The van der Waals surface area contributed by atoms with Crippen LogP contribution in [0.2, 0.25) is 0 Å². The number of fused-ring (bicyclic) bond motifs is 9. The van der Waals surface area contributed by atoms with E-state index < -0.39 is 0 Å². The summed E-state index contributed by atoms with van der Waals surface area (Å²) in [4.78, 5) is 11.0. The Morgan fingerprint density at radius 2 is 1.35 bits per heavy atom. The highest BCUT2D eigenvalue weighted by molar-refractivity contribution is 8.01. The molecule has 218 valence electrons. The molecular formula is C41H27N3S2. The first-order valence-electron chi connectivity index (χ1n) is 15.6.